The lowest BCUT2D eigenvalue weighted by atomic mass is 9.90. The highest BCUT2D eigenvalue weighted by Gasteiger charge is 2.11. The van der Waals surface area contributed by atoms with Gasteiger partial charge in [0.05, 0.1) is 0 Å². The maximum atomic E-state index is 9.66. The molecule has 2 rings (SSSR count). The molecule has 0 saturated carbocycles. The molecule has 0 aliphatic heterocycles. The average Bonchev–Trinajstić information content (AvgIpc) is 2.44. The van der Waals surface area contributed by atoms with Crippen molar-refractivity contribution >= 4 is 0 Å². The van der Waals surface area contributed by atoms with Gasteiger partial charge < -0.3 is 5.11 Å². The van der Waals surface area contributed by atoms with E-state index in [1.807, 2.05) is 0 Å². The van der Waals surface area contributed by atoms with E-state index >= 15 is 0 Å². The van der Waals surface area contributed by atoms with Crippen LogP contribution in [-0.2, 0) is 12.8 Å². The zero-order valence-electron chi connectivity index (χ0n) is 12.7. The normalized spacial score (nSPS) is 12.4. The predicted octanol–water partition coefficient (Wildman–Crippen LogP) is 4.01. The lowest BCUT2D eigenvalue weighted by molar-refractivity contribution is 0.225. The monoisotopic (exact) mass is 268 g/mol. The van der Waals surface area contributed by atoms with Crippen LogP contribution in [0.15, 0.2) is 42.5 Å². The molecule has 0 heterocycles. The van der Waals surface area contributed by atoms with Gasteiger partial charge in [0.15, 0.2) is 0 Å². The van der Waals surface area contributed by atoms with Crippen LogP contribution in [0.1, 0.15) is 27.8 Å². The summed E-state index contributed by atoms with van der Waals surface area (Å²) in [5.74, 6) is 0.290. The largest absolute Gasteiger partial charge is 0.396 e. The number of rotatable bonds is 5. The van der Waals surface area contributed by atoms with Crippen LogP contribution >= 0.6 is 0 Å². The Balaban J connectivity index is 2.08. The first-order valence-electron chi connectivity index (χ1n) is 7.31. The van der Waals surface area contributed by atoms with Crippen LogP contribution in [0.3, 0.4) is 0 Å². The molecule has 0 aliphatic carbocycles. The van der Waals surface area contributed by atoms with Crippen molar-refractivity contribution in [3.63, 3.8) is 0 Å². The predicted molar refractivity (Wildman–Crippen MR) is 85.1 cm³/mol. The van der Waals surface area contributed by atoms with Gasteiger partial charge in [-0.15, -0.1) is 0 Å². The van der Waals surface area contributed by atoms with Crippen LogP contribution in [-0.4, -0.2) is 11.7 Å². The van der Waals surface area contributed by atoms with Crippen molar-refractivity contribution in [2.75, 3.05) is 6.61 Å². The Morgan fingerprint density at radius 3 is 2.15 bits per heavy atom. The summed E-state index contributed by atoms with van der Waals surface area (Å²) in [6.45, 7) is 6.61. The summed E-state index contributed by atoms with van der Waals surface area (Å²) in [5, 5.41) is 9.66. The molecule has 2 aromatic rings. The van der Waals surface area contributed by atoms with Crippen LogP contribution in [0.25, 0.3) is 0 Å². The second-order valence-electron chi connectivity index (χ2n) is 5.87. The first-order chi connectivity index (χ1) is 9.58. The Hall–Kier alpha value is -1.60. The summed E-state index contributed by atoms with van der Waals surface area (Å²) >= 11 is 0. The fraction of sp³-hybridized carbons (Fsp3) is 0.368. The SMILES string of the molecule is Cc1ccc(CC(CO)Cc2cc(C)ccc2C)cc1. The number of hydrogen-bond donors (Lipinski definition) is 1. The van der Waals surface area contributed by atoms with Crippen molar-refractivity contribution < 1.29 is 5.11 Å². The third-order valence-electron chi connectivity index (χ3n) is 3.92. The number of aliphatic hydroxyl groups is 1. The summed E-state index contributed by atoms with van der Waals surface area (Å²) in [6.07, 6.45) is 1.88. The summed E-state index contributed by atoms with van der Waals surface area (Å²) in [6, 6.07) is 15.2. The second-order valence-corrected chi connectivity index (χ2v) is 5.87. The Labute approximate surface area is 122 Å². The number of aryl methyl sites for hydroxylation is 3. The number of benzene rings is 2. The van der Waals surface area contributed by atoms with Crippen LogP contribution in [0.4, 0.5) is 0 Å². The smallest absolute Gasteiger partial charge is 0.0465 e. The average molecular weight is 268 g/mol. The molecule has 1 N–H and O–H groups in total. The zero-order chi connectivity index (χ0) is 14.5. The summed E-state index contributed by atoms with van der Waals surface area (Å²) in [4.78, 5) is 0. The van der Waals surface area contributed by atoms with E-state index in [4.69, 9.17) is 0 Å². The lowest BCUT2D eigenvalue weighted by Gasteiger charge is -2.16. The van der Waals surface area contributed by atoms with Crippen molar-refractivity contribution in [3.05, 3.63) is 70.3 Å². The van der Waals surface area contributed by atoms with Gasteiger partial charge >= 0.3 is 0 Å². The standard InChI is InChI=1S/C19H24O/c1-14-5-8-17(9-6-14)11-18(13-20)12-19-10-15(2)4-7-16(19)3/h4-10,18,20H,11-13H2,1-3H3. The van der Waals surface area contributed by atoms with Crippen LogP contribution in [0.2, 0.25) is 0 Å². The zero-order valence-corrected chi connectivity index (χ0v) is 12.7. The van der Waals surface area contributed by atoms with E-state index in [1.54, 1.807) is 0 Å². The first kappa shape index (κ1) is 14.8. The molecule has 20 heavy (non-hydrogen) atoms. The van der Waals surface area contributed by atoms with Crippen molar-refractivity contribution in [2.24, 2.45) is 5.92 Å². The molecule has 0 spiro atoms. The van der Waals surface area contributed by atoms with Gasteiger partial charge in [0.1, 0.15) is 0 Å². The molecule has 1 nitrogen and oxygen atoms in total. The fourth-order valence-electron chi connectivity index (χ4n) is 2.59. The van der Waals surface area contributed by atoms with E-state index in [-0.39, 0.29) is 6.61 Å². The molecular weight excluding hydrogens is 244 g/mol. The molecular formula is C19H24O. The molecule has 0 saturated heterocycles. The van der Waals surface area contributed by atoms with Crippen molar-refractivity contribution in [1.29, 1.82) is 0 Å². The van der Waals surface area contributed by atoms with Crippen LogP contribution in [0.5, 0.6) is 0 Å². The van der Waals surface area contributed by atoms with Gasteiger partial charge in [-0.2, -0.15) is 0 Å². The molecule has 0 bridgehead atoms. The third-order valence-corrected chi connectivity index (χ3v) is 3.92. The van der Waals surface area contributed by atoms with E-state index in [1.165, 1.54) is 27.8 Å². The highest BCUT2D eigenvalue weighted by atomic mass is 16.3. The van der Waals surface area contributed by atoms with Gasteiger partial charge in [-0.05, 0) is 56.2 Å². The lowest BCUT2D eigenvalue weighted by Crippen LogP contribution is -2.13. The third kappa shape index (κ3) is 3.94. The maximum absolute atomic E-state index is 9.66. The van der Waals surface area contributed by atoms with Crippen LogP contribution in [0, 0.1) is 26.7 Å². The van der Waals surface area contributed by atoms with Gasteiger partial charge in [-0.3, -0.25) is 0 Å². The molecule has 1 unspecified atom stereocenters. The van der Waals surface area contributed by atoms with E-state index < -0.39 is 0 Å². The van der Waals surface area contributed by atoms with E-state index in [9.17, 15) is 5.11 Å². The van der Waals surface area contributed by atoms with Gasteiger partial charge in [-0.25, -0.2) is 0 Å². The van der Waals surface area contributed by atoms with Gasteiger partial charge in [0, 0.05) is 6.61 Å². The quantitative estimate of drug-likeness (QED) is 0.869. The molecule has 1 heteroatoms. The topological polar surface area (TPSA) is 20.2 Å². The van der Waals surface area contributed by atoms with E-state index in [2.05, 4.69) is 63.2 Å². The minimum Gasteiger partial charge on any atom is -0.396 e. The number of aliphatic hydroxyl groups excluding tert-OH is 1. The summed E-state index contributed by atoms with van der Waals surface area (Å²) < 4.78 is 0. The second kappa shape index (κ2) is 6.71. The van der Waals surface area contributed by atoms with E-state index in [0.29, 0.717) is 5.92 Å². The molecule has 1 atom stereocenters. The maximum Gasteiger partial charge on any atom is 0.0465 e. The molecule has 0 fully saturated rings. The van der Waals surface area contributed by atoms with Crippen LogP contribution < -0.4 is 0 Å². The molecule has 0 amide bonds. The Bertz CT molecular complexity index is 554. The Morgan fingerprint density at radius 2 is 1.50 bits per heavy atom. The highest BCUT2D eigenvalue weighted by Crippen LogP contribution is 2.19. The molecule has 0 aliphatic rings. The van der Waals surface area contributed by atoms with Crippen molar-refractivity contribution in [2.45, 2.75) is 33.6 Å². The molecule has 2 aromatic carbocycles. The minimum absolute atomic E-state index is 0.237. The van der Waals surface area contributed by atoms with Gasteiger partial charge in [0.2, 0.25) is 0 Å². The minimum atomic E-state index is 0.237. The molecule has 0 radical (unpaired) electrons. The van der Waals surface area contributed by atoms with Gasteiger partial charge in [0.25, 0.3) is 0 Å². The van der Waals surface area contributed by atoms with Gasteiger partial charge in [-0.1, -0.05) is 53.6 Å². The molecule has 0 aromatic heterocycles. The highest BCUT2D eigenvalue weighted by molar-refractivity contribution is 5.31. The first-order valence-corrected chi connectivity index (χ1v) is 7.31. The molecule has 106 valence electrons. The Morgan fingerprint density at radius 1 is 0.850 bits per heavy atom. The fourth-order valence-corrected chi connectivity index (χ4v) is 2.59. The van der Waals surface area contributed by atoms with Crippen molar-refractivity contribution in [1.82, 2.24) is 0 Å². The Kier molecular flexibility index (Phi) is 4.97. The number of hydrogen-bond acceptors (Lipinski definition) is 1. The van der Waals surface area contributed by atoms with E-state index in [0.717, 1.165) is 12.8 Å². The summed E-state index contributed by atoms with van der Waals surface area (Å²) in [5.41, 5.74) is 6.55. The summed E-state index contributed by atoms with van der Waals surface area (Å²) in [7, 11) is 0. The van der Waals surface area contributed by atoms with Crippen molar-refractivity contribution in [3.8, 4) is 0 Å².